The lowest BCUT2D eigenvalue weighted by molar-refractivity contribution is -0.120. The number of Topliss-reactive ketones (excluding diaryl/α,β-unsaturated/α-hetero) is 1. The Morgan fingerprint density at radius 1 is 1.02 bits per heavy atom. The van der Waals surface area contributed by atoms with E-state index in [1.54, 1.807) is 12.1 Å². The summed E-state index contributed by atoms with van der Waals surface area (Å²) < 4.78 is 23.1. The van der Waals surface area contributed by atoms with Crippen molar-refractivity contribution >= 4 is 38.8 Å². The first-order valence-electron chi connectivity index (χ1n) is 14.4. The molecule has 0 radical (unpaired) electrons. The molecule has 1 amide bonds. The van der Waals surface area contributed by atoms with Crippen molar-refractivity contribution in [1.29, 1.82) is 0 Å². The van der Waals surface area contributed by atoms with Gasteiger partial charge in [0.2, 0.25) is 15.9 Å². The molecule has 226 valence electrons. The Hall–Kier alpha value is -4.15. The Bertz CT molecular complexity index is 1660. The first kappa shape index (κ1) is 30.3. The number of primary sulfonamides is 1. The summed E-state index contributed by atoms with van der Waals surface area (Å²) in [5, 5.41) is 11.8. The molecular formula is C33H39N5O4S. The van der Waals surface area contributed by atoms with Gasteiger partial charge in [-0.15, -0.1) is 0 Å². The van der Waals surface area contributed by atoms with Crippen molar-refractivity contribution < 1.29 is 18.0 Å². The van der Waals surface area contributed by atoms with Gasteiger partial charge in [-0.2, -0.15) is 0 Å². The van der Waals surface area contributed by atoms with Crippen LogP contribution >= 0.6 is 0 Å². The molecule has 10 heteroatoms. The van der Waals surface area contributed by atoms with Crippen molar-refractivity contribution in [3.8, 4) is 0 Å². The average Bonchev–Trinajstić information content (AvgIpc) is 3.06. The number of allylic oxidation sites excluding steroid dienone is 1. The van der Waals surface area contributed by atoms with Gasteiger partial charge in [0.1, 0.15) is 0 Å². The number of rotatable bonds is 8. The van der Waals surface area contributed by atoms with Gasteiger partial charge < -0.3 is 20.4 Å². The number of fused-ring (bicyclic) bond motifs is 1. The van der Waals surface area contributed by atoms with Gasteiger partial charge in [-0.3, -0.25) is 9.59 Å². The monoisotopic (exact) mass is 601 g/mol. The quantitative estimate of drug-likeness (QED) is 0.350. The van der Waals surface area contributed by atoms with Crippen molar-refractivity contribution in [2.24, 2.45) is 10.6 Å². The van der Waals surface area contributed by atoms with Crippen LogP contribution in [-0.4, -0.2) is 47.3 Å². The third-order valence-electron chi connectivity index (χ3n) is 8.03. The topological polar surface area (TPSA) is 125 Å². The molecule has 0 spiro atoms. The van der Waals surface area contributed by atoms with Crippen molar-refractivity contribution in [1.82, 2.24) is 5.32 Å². The molecule has 0 bridgehead atoms. The summed E-state index contributed by atoms with van der Waals surface area (Å²) in [6, 6.07) is 21.9. The van der Waals surface area contributed by atoms with Crippen molar-refractivity contribution in [3.05, 3.63) is 95.2 Å². The van der Waals surface area contributed by atoms with Crippen LogP contribution < -0.4 is 25.6 Å². The number of carbonyl (C=O) groups excluding carboxylic acids is 2. The molecule has 2 aliphatic rings. The number of carbonyl (C=O) groups is 2. The molecule has 0 saturated heterocycles. The summed E-state index contributed by atoms with van der Waals surface area (Å²) in [6.45, 7) is 4.63. The summed E-state index contributed by atoms with van der Waals surface area (Å²) in [7, 11) is 0.209. The lowest BCUT2D eigenvalue weighted by Gasteiger charge is -2.38. The minimum absolute atomic E-state index is 0.0383. The molecule has 1 aliphatic carbocycles. The highest BCUT2D eigenvalue weighted by molar-refractivity contribution is 7.89. The van der Waals surface area contributed by atoms with Gasteiger partial charge in [0.15, 0.2) is 5.78 Å². The fraction of sp³-hybridized carbons (Fsp3) is 0.333. The number of nitrogens with one attached hydrogen (secondary N) is 2. The SMILES string of the molecule is CN(C)c1ccc(C2C3=C(CC(C)(C)CC3=O)Nc3ccccc3N2CC(=O)NCCc2ccc(S(N)(=O)=O)cc2)cc1. The lowest BCUT2D eigenvalue weighted by Crippen LogP contribution is -2.42. The van der Waals surface area contributed by atoms with E-state index in [1.807, 2.05) is 72.4 Å². The number of anilines is 3. The highest BCUT2D eigenvalue weighted by Crippen LogP contribution is 2.48. The molecule has 0 saturated carbocycles. The van der Waals surface area contributed by atoms with Crippen LogP contribution in [0.1, 0.15) is 43.9 Å². The van der Waals surface area contributed by atoms with E-state index in [4.69, 9.17) is 5.14 Å². The van der Waals surface area contributed by atoms with Crippen LogP contribution in [0.25, 0.3) is 0 Å². The fourth-order valence-corrected chi connectivity index (χ4v) is 6.45. The standard InChI is InChI=1S/C33H39N5O4S/c1-33(2)19-27-31(29(39)20-33)32(23-11-13-24(14-12-23)37(3)4)38(28-8-6-5-7-26(28)36-27)21-30(40)35-18-17-22-9-15-25(16-10-22)43(34,41)42/h5-16,32,36H,17-21H2,1-4H3,(H,35,40)(H2,34,41,42). The van der Waals surface area contributed by atoms with E-state index < -0.39 is 16.1 Å². The molecule has 1 unspecified atom stereocenters. The molecule has 43 heavy (non-hydrogen) atoms. The molecule has 4 N–H and O–H groups in total. The molecule has 9 nitrogen and oxygen atoms in total. The van der Waals surface area contributed by atoms with E-state index in [0.29, 0.717) is 25.0 Å². The minimum atomic E-state index is -3.76. The second-order valence-corrected chi connectivity index (χ2v) is 13.8. The second kappa shape index (κ2) is 11.9. The zero-order valence-corrected chi connectivity index (χ0v) is 25.9. The van der Waals surface area contributed by atoms with E-state index in [2.05, 4.69) is 24.5 Å². The number of benzene rings is 3. The number of nitrogens with two attached hydrogens (primary N) is 1. The third-order valence-corrected chi connectivity index (χ3v) is 8.96. The van der Waals surface area contributed by atoms with Crippen LogP contribution in [-0.2, 0) is 26.0 Å². The van der Waals surface area contributed by atoms with Crippen LogP contribution in [0.5, 0.6) is 0 Å². The highest BCUT2D eigenvalue weighted by atomic mass is 32.2. The van der Waals surface area contributed by atoms with Gasteiger partial charge in [0.25, 0.3) is 0 Å². The smallest absolute Gasteiger partial charge is 0.239 e. The molecule has 5 rings (SSSR count). The molecule has 3 aromatic rings. The van der Waals surface area contributed by atoms with E-state index in [0.717, 1.165) is 40.3 Å². The Morgan fingerprint density at radius 3 is 2.35 bits per heavy atom. The normalized spacial score (nSPS) is 17.8. The molecular weight excluding hydrogens is 562 g/mol. The predicted octanol–water partition coefficient (Wildman–Crippen LogP) is 4.38. The number of nitrogens with zero attached hydrogens (tertiary/aromatic N) is 2. The molecule has 0 aromatic heterocycles. The van der Waals surface area contributed by atoms with E-state index in [1.165, 1.54) is 12.1 Å². The minimum Gasteiger partial charge on any atom is -0.378 e. The van der Waals surface area contributed by atoms with Crippen molar-refractivity contribution in [2.45, 2.75) is 44.0 Å². The zero-order valence-electron chi connectivity index (χ0n) is 25.1. The number of amides is 1. The molecule has 1 aliphatic heterocycles. The van der Waals surface area contributed by atoms with E-state index in [9.17, 15) is 18.0 Å². The molecule has 1 heterocycles. The molecule has 3 aromatic carbocycles. The predicted molar refractivity (Wildman–Crippen MR) is 170 cm³/mol. The Morgan fingerprint density at radius 2 is 1.70 bits per heavy atom. The van der Waals surface area contributed by atoms with Crippen LogP contribution in [0.15, 0.2) is 89.0 Å². The highest BCUT2D eigenvalue weighted by Gasteiger charge is 2.41. The van der Waals surface area contributed by atoms with Gasteiger partial charge in [-0.1, -0.05) is 50.2 Å². The zero-order chi connectivity index (χ0) is 30.9. The number of hydrogen-bond donors (Lipinski definition) is 3. The number of ketones is 1. The summed E-state index contributed by atoms with van der Waals surface area (Å²) in [5.41, 5.74) is 5.98. The number of sulfonamides is 1. The van der Waals surface area contributed by atoms with Crippen LogP contribution in [0, 0.1) is 5.41 Å². The number of hydrogen-bond acceptors (Lipinski definition) is 7. The van der Waals surface area contributed by atoms with Gasteiger partial charge in [-0.25, -0.2) is 13.6 Å². The first-order valence-corrected chi connectivity index (χ1v) is 15.9. The number of para-hydroxylation sites is 2. The van der Waals surface area contributed by atoms with Gasteiger partial charge in [0, 0.05) is 44.0 Å². The van der Waals surface area contributed by atoms with Gasteiger partial charge >= 0.3 is 0 Å². The van der Waals surface area contributed by atoms with E-state index >= 15 is 0 Å². The summed E-state index contributed by atoms with van der Waals surface area (Å²) in [6.07, 6.45) is 1.67. The lowest BCUT2D eigenvalue weighted by atomic mass is 9.73. The summed E-state index contributed by atoms with van der Waals surface area (Å²) in [5.74, 6) is -0.0971. The second-order valence-electron chi connectivity index (χ2n) is 12.3. The Kier molecular flexibility index (Phi) is 8.36. The summed E-state index contributed by atoms with van der Waals surface area (Å²) >= 11 is 0. The maximum Gasteiger partial charge on any atom is 0.239 e. The van der Waals surface area contributed by atoms with Crippen molar-refractivity contribution in [3.63, 3.8) is 0 Å². The van der Waals surface area contributed by atoms with Gasteiger partial charge in [-0.05, 0) is 65.8 Å². The van der Waals surface area contributed by atoms with E-state index in [-0.39, 0.29) is 28.5 Å². The molecule has 1 atom stereocenters. The van der Waals surface area contributed by atoms with Crippen LogP contribution in [0.4, 0.5) is 17.1 Å². The van der Waals surface area contributed by atoms with Crippen LogP contribution in [0.2, 0.25) is 0 Å². The van der Waals surface area contributed by atoms with Gasteiger partial charge in [0.05, 0.1) is 28.9 Å². The fourth-order valence-electron chi connectivity index (χ4n) is 5.93. The third kappa shape index (κ3) is 6.76. The Balaban J connectivity index is 1.46. The van der Waals surface area contributed by atoms with Crippen molar-refractivity contribution in [2.75, 3.05) is 42.3 Å². The average molecular weight is 602 g/mol. The summed E-state index contributed by atoms with van der Waals surface area (Å²) in [4.78, 5) is 31.5. The Labute approximate surface area is 253 Å². The molecule has 0 fully saturated rings. The maximum absolute atomic E-state index is 13.9. The first-order chi connectivity index (χ1) is 20.3. The maximum atomic E-state index is 13.9. The van der Waals surface area contributed by atoms with Crippen LogP contribution in [0.3, 0.4) is 0 Å². The largest absolute Gasteiger partial charge is 0.378 e.